The highest BCUT2D eigenvalue weighted by Gasteiger charge is 2.01. The smallest absolute Gasteiger partial charge is 0.234 e. The lowest BCUT2D eigenvalue weighted by Gasteiger charge is -2.02. The average Bonchev–Trinajstić information content (AvgIpc) is 2.35. The van der Waals surface area contributed by atoms with Crippen LogP contribution in [0.3, 0.4) is 0 Å². The molecule has 1 heterocycles. The largest absolute Gasteiger partial charge is 0.294 e. The molecule has 0 saturated heterocycles. The number of aromatic nitrogens is 1. The number of benzene rings is 1. The Bertz CT molecular complexity index is 510. The van der Waals surface area contributed by atoms with Crippen LogP contribution in [0.4, 0.5) is 0 Å². The fourth-order valence-electron chi connectivity index (χ4n) is 1.58. The lowest BCUT2D eigenvalue weighted by Crippen LogP contribution is -2.30. The maximum Gasteiger partial charge on any atom is 0.234 e. The zero-order valence-corrected chi connectivity index (χ0v) is 8.81. The number of hydrazine groups is 1. The number of carbonyl (C=O) groups is 1. The maximum atomic E-state index is 11.0. The Labute approximate surface area is 93.4 Å². The second-order valence-electron chi connectivity index (χ2n) is 3.60. The summed E-state index contributed by atoms with van der Waals surface area (Å²) in [5, 5.41) is 1.09. The van der Waals surface area contributed by atoms with E-state index >= 15 is 0 Å². The highest BCUT2D eigenvalue weighted by molar-refractivity contribution is 5.79. The second kappa shape index (κ2) is 4.72. The van der Waals surface area contributed by atoms with Crippen molar-refractivity contribution in [1.82, 2.24) is 10.4 Å². The lowest BCUT2D eigenvalue weighted by atomic mass is 10.1. The van der Waals surface area contributed by atoms with Crippen molar-refractivity contribution in [2.24, 2.45) is 5.84 Å². The van der Waals surface area contributed by atoms with Crippen LogP contribution >= 0.6 is 0 Å². The van der Waals surface area contributed by atoms with Crippen molar-refractivity contribution < 1.29 is 4.79 Å². The Balaban J connectivity index is 2.16. The van der Waals surface area contributed by atoms with E-state index in [1.165, 1.54) is 0 Å². The highest BCUT2D eigenvalue weighted by Crippen LogP contribution is 2.13. The second-order valence-corrected chi connectivity index (χ2v) is 3.60. The Kier molecular flexibility index (Phi) is 3.12. The van der Waals surface area contributed by atoms with E-state index in [0.717, 1.165) is 16.5 Å². The van der Waals surface area contributed by atoms with Gasteiger partial charge in [0.15, 0.2) is 0 Å². The van der Waals surface area contributed by atoms with Crippen LogP contribution in [-0.4, -0.2) is 10.9 Å². The van der Waals surface area contributed by atoms with Gasteiger partial charge in [0.1, 0.15) is 0 Å². The minimum atomic E-state index is -0.159. The van der Waals surface area contributed by atoms with Crippen LogP contribution in [0.15, 0.2) is 36.5 Å². The topological polar surface area (TPSA) is 68.0 Å². The highest BCUT2D eigenvalue weighted by atomic mass is 16.2. The maximum absolute atomic E-state index is 11.0. The molecule has 82 valence electrons. The number of pyridine rings is 1. The van der Waals surface area contributed by atoms with Gasteiger partial charge < -0.3 is 0 Å². The Morgan fingerprint density at radius 2 is 2.19 bits per heavy atom. The van der Waals surface area contributed by atoms with Crippen LogP contribution in [-0.2, 0) is 11.2 Å². The third-order valence-corrected chi connectivity index (χ3v) is 2.45. The number of fused-ring (bicyclic) bond motifs is 1. The van der Waals surface area contributed by atoms with Crippen molar-refractivity contribution in [2.75, 3.05) is 0 Å². The molecule has 1 aromatic carbocycles. The molecule has 0 radical (unpaired) electrons. The number of hydrogen-bond donors (Lipinski definition) is 2. The normalized spacial score (nSPS) is 10.3. The summed E-state index contributed by atoms with van der Waals surface area (Å²) in [7, 11) is 0. The molecule has 1 aromatic heterocycles. The molecule has 0 saturated carbocycles. The van der Waals surface area contributed by atoms with E-state index in [-0.39, 0.29) is 5.91 Å². The van der Waals surface area contributed by atoms with E-state index in [1.807, 2.05) is 30.3 Å². The Hall–Kier alpha value is -1.94. The molecule has 0 atom stereocenters. The molecule has 16 heavy (non-hydrogen) atoms. The number of rotatable bonds is 3. The monoisotopic (exact) mass is 215 g/mol. The van der Waals surface area contributed by atoms with Gasteiger partial charge in [0, 0.05) is 18.0 Å². The molecule has 4 heteroatoms. The minimum absolute atomic E-state index is 0.159. The first kappa shape index (κ1) is 10.6. The van der Waals surface area contributed by atoms with Gasteiger partial charge in [-0.25, -0.2) is 5.84 Å². The Morgan fingerprint density at radius 1 is 1.38 bits per heavy atom. The van der Waals surface area contributed by atoms with Gasteiger partial charge >= 0.3 is 0 Å². The Morgan fingerprint density at radius 3 is 3.00 bits per heavy atom. The van der Waals surface area contributed by atoms with Crippen LogP contribution < -0.4 is 11.3 Å². The van der Waals surface area contributed by atoms with E-state index in [4.69, 9.17) is 5.84 Å². The van der Waals surface area contributed by atoms with Gasteiger partial charge in [0.05, 0.1) is 5.52 Å². The SMILES string of the molecule is NNC(=O)CCc1cnc2ccccc2c1. The van der Waals surface area contributed by atoms with Crippen molar-refractivity contribution in [1.29, 1.82) is 0 Å². The summed E-state index contributed by atoms with van der Waals surface area (Å²) in [6, 6.07) is 9.95. The molecular weight excluding hydrogens is 202 g/mol. The van der Waals surface area contributed by atoms with Crippen molar-refractivity contribution in [3.63, 3.8) is 0 Å². The van der Waals surface area contributed by atoms with Gasteiger partial charge in [-0.05, 0) is 24.1 Å². The van der Waals surface area contributed by atoms with Crippen LogP contribution in [0.1, 0.15) is 12.0 Å². The predicted octanol–water partition coefficient (Wildman–Crippen LogP) is 1.16. The van der Waals surface area contributed by atoms with Crippen molar-refractivity contribution in [3.05, 3.63) is 42.1 Å². The predicted molar refractivity (Wildman–Crippen MR) is 62.4 cm³/mol. The minimum Gasteiger partial charge on any atom is -0.294 e. The van der Waals surface area contributed by atoms with E-state index in [2.05, 4.69) is 10.4 Å². The fourth-order valence-corrected chi connectivity index (χ4v) is 1.58. The molecule has 0 fully saturated rings. The number of hydrogen-bond acceptors (Lipinski definition) is 3. The number of carbonyl (C=O) groups excluding carboxylic acids is 1. The van der Waals surface area contributed by atoms with Crippen LogP contribution in [0.25, 0.3) is 10.9 Å². The van der Waals surface area contributed by atoms with Gasteiger partial charge in [0.2, 0.25) is 5.91 Å². The summed E-state index contributed by atoms with van der Waals surface area (Å²) < 4.78 is 0. The quantitative estimate of drug-likeness (QED) is 0.458. The number of nitrogens with two attached hydrogens (primary N) is 1. The molecule has 0 unspecified atom stereocenters. The lowest BCUT2D eigenvalue weighted by molar-refractivity contribution is -0.121. The molecule has 0 aliphatic rings. The number of nitrogens with one attached hydrogen (secondary N) is 1. The zero-order chi connectivity index (χ0) is 11.4. The van der Waals surface area contributed by atoms with E-state index in [9.17, 15) is 4.79 Å². The van der Waals surface area contributed by atoms with Crippen LogP contribution in [0.2, 0.25) is 0 Å². The van der Waals surface area contributed by atoms with Crippen molar-refractivity contribution in [3.8, 4) is 0 Å². The van der Waals surface area contributed by atoms with E-state index in [0.29, 0.717) is 12.8 Å². The molecule has 3 N–H and O–H groups in total. The number of nitrogens with zero attached hydrogens (tertiary/aromatic N) is 1. The number of para-hydroxylation sites is 1. The summed E-state index contributed by atoms with van der Waals surface area (Å²) >= 11 is 0. The van der Waals surface area contributed by atoms with Gasteiger partial charge in [-0.15, -0.1) is 0 Å². The molecule has 1 amide bonds. The molecule has 2 rings (SSSR count). The summed E-state index contributed by atoms with van der Waals surface area (Å²) in [4.78, 5) is 15.3. The summed E-state index contributed by atoms with van der Waals surface area (Å²) in [6.07, 6.45) is 2.84. The summed E-state index contributed by atoms with van der Waals surface area (Å²) in [5.74, 6) is 4.85. The molecule has 2 aromatic rings. The summed E-state index contributed by atoms with van der Waals surface area (Å²) in [6.45, 7) is 0. The fraction of sp³-hybridized carbons (Fsp3) is 0.167. The number of amides is 1. The molecule has 0 aliphatic heterocycles. The van der Waals surface area contributed by atoms with Gasteiger partial charge in [-0.3, -0.25) is 15.2 Å². The summed E-state index contributed by atoms with van der Waals surface area (Å²) in [5.41, 5.74) is 4.12. The van der Waals surface area contributed by atoms with Gasteiger partial charge in [-0.2, -0.15) is 0 Å². The van der Waals surface area contributed by atoms with Crippen molar-refractivity contribution >= 4 is 16.8 Å². The van der Waals surface area contributed by atoms with Gasteiger partial charge in [0.25, 0.3) is 0 Å². The van der Waals surface area contributed by atoms with Crippen LogP contribution in [0, 0.1) is 0 Å². The number of aryl methyl sites for hydroxylation is 1. The van der Waals surface area contributed by atoms with Gasteiger partial charge in [-0.1, -0.05) is 18.2 Å². The molecule has 0 spiro atoms. The standard InChI is InChI=1S/C12H13N3O/c13-15-12(16)6-5-9-7-10-3-1-2-4-11(10)14-8-9/h1-4,7-8H,5-6,13H2,(H,15,16). The zero-order valence-electron chi connectivity index (χ0n) is 8.81. The molecule has 0 bridgehead atoms. The average molecular weight is 215 g/mol. The van der Waals surface area contributed by atoms with E-state index < -0.39 is 0 Å². The third kappa shape index (κ3) is 2.35. The van der Waals surface area contributed by atoms with E-state index in [1.54, 1.807) is 6.20 Å². The first-order chi connectivity index (χ1) is 7.79. The van der Waals surface area contributed by atoms with Crippen LogP contribution in [0.5, 0.6) is 0 Å². The first-order valence-corrected chi connectivity index (χ1v) is 5.13. The molecule has 4 nitrogen and oxygen atoms in total. The molecular formula is C12H13N3O. The van der Waals surface area contributed by atoms with Crippen molar-refractivity contribution in [2.45, 2.75) is 12.8 Å². The molecule has 0 aliphatic carbocycles. The first-order valence-electron chi connectivity index (χ1n) is 5.13. The third-order valence-electron chi connectivity index (χ3n) is 2.45.